The van der Waals surface area contributed by atoms with Crippen LogP contribution in [0.25, 0.3) is 0 Å². The monoisotopic (exact) mass is 216 g/mol. The maximum Gasteiger partial charge on any atom is 0.0206 e. The van der Waals surface area contributed by atoms with Gasteiger partial charge < -0.3 is 0 Å². The van der Waals surface area contributed by atoms with E-state index in [1.165, 1.54) is 0 Å². The zero-order valence-corrected chi connectivity index (χ0v) is 12.1. The van der Waals surface area contributed by atoms with Gasteiger partial charge in [0.15, 0.2) is 0 Å². The van der Waals surface area contributed by atoms with Gasteiger partial charge in [0.1, 0.15) is 0 Å². The molecule has 0 rings (SSSR count). The molecule has 2 atom stereocenters. The highest BCUT2D eigenvalue weighted by Crippen LogP contribution is 2.50. The van der Waals surface area contributed by atoms with Crippen LogP contribution in [0.4, 0.5) is 0 Å². The van der Waals surface area contributed by atoms with Crippen molar-refractivity contribution < 1.29 is 0 Å². The van der Waals surface area contributed by atoms with E-state index in [4.69, 9.17) is 12.6 Å². The fourth-order valence-corrected chi connectivity index (χ4v) is 2.59. The molecule has 14 heavy (non-hydrogen) atoms. The van der Waals surface area contributed by atoms with Crippen LogP contribution in [0, 0.1) is 16.7 Å². The van der Waals surface area contributed by atoms with Gasteiger partial charge in [-0.05, 0) is 23.2 Å². The molecule has 0 fully saturated rings. The molecule has 0 bridgehead atoms. The van der Waals surface area contributed by atoms with Crippen molar-refractivity contribution in [1.29, 1.82) is 0 Å². The number of thiol groups is 1. The topological polar surface area (TPSA) is 0 Å². The first-order valence-electron chi connectivity index (χ1n) is 5.69. The fraction of sp³-hybridized carbons (Fsp3) is 1.00. The lowest BCUT2D eigenvalue weighted by atomic mass is 9.63. The van der Waals surface area contributed by atoms with E-state index in [1.807, 2.05) is 0 Å². The van der Waals surface area contributed by atoms with Gasteiger partial charge in [0.2, 0.25) is 0 Å². The maximum atomic E-state index is 4.99. The molecule has 0 saturated carbocycles. The van der Waals surface area contributed by atoms with Gasteiger partial charge in [-0.1, -0.05) is 55.4 Å². The highest BCUT2D eigenvalue weighted by Gasteiger charge is 2.45. The van der Waals surface area contributed by atoms with Crippen molar-refractivity contribution in [3.63, 3.8) is 0 Å². The van der Waals surface area contributed by atoms with Crippen LogP contribution >= 0.6 is 12.6 Å². The minimum absolute atomic E-state index is 0.116. The van der Waals surface area contributed by atoms with Crippen LogP contribution in [0.2, 0.25) is 0 Å². The molecule has 0 aliphatic rings. The minimum atomic E-state index is 0.116. The smallest absolute Gasteiger partial charge is 0.0206 e. The molecular weight excluding hydrogens is 188 g/mol. The van der Waals surface area contributed by atoms with Gasteiger partial charge in [-0.15, -0.1) is 0 Å². The van der Waals surface area contributed by atoms with E-state index in [0.717, 1.165) is 6.42 Å². The molecule has 2 unspecified atom stereocenters. The van der Waals surface area contributed by atoms with Crippen LogP contribution in [0.5, 0.6) is 0 Å². The predicted molar refractivity (Wildman–Crippen MR) is 70.1 cm³/mol. The molecular formula is C13H28S. The summed E-state index contributed by atoms with van der Waals surface area (Å²) in [4.78, 5) is 0. The molecule has 1 heteroatoms. The second-order valence-electron chi connectivity index (χ2n) is 6.62. The van der Waals surface area contributed by atoms with Crippen molar-refractivity contribution in [2.24, 2.45) is 16.7 Å². The first kappa shape index (κ1) is 14.3. The van der Waals surface area contributed by atoms with E-state index < -0.39 is 0 Å². The lowest BCUT2D eigenvalue weighted by molar-refractivity contribution is 0.114. The van der Waals surface area contributed by atoms with Crippen molar-refractivity contribution in [1.82, 2.24) is 0 Å². The summed E-state index contributed by atoms with van der Waals surface area (Å²) < 4.78 is 0.116. The van der Waals surface area contributed by atoms with E-state index in [0.29, 0.717) is 11.3 Å². The highest BCUT2D eigenvalue weighted by atomic mass is 32.1. The first-order valence-corrected chi connectivity index (χ1v) is 6.14. The molecule has 0 aromatic rings. The lowest BCUT2D eigenvalue weighted by Crippen LogP contribution is -2.47. The third-order valence-corrected chi connectivity index (χ3v) is 5.23. The average Bonchev–Trinajstić information content (AvgIpc) is 1.97. The number of hydrogen-bond donors (Lipinski definition) is 1. The molecule has 0 aliphatic heterocycles. The van der Waals surface area contributed by atoms with Gasteiger partial charge in [-0.25, -0.2) is 0 Å². The Bertz CT molecular complexity index is 182. The molecule has 0 spiro atoms. The lowest BCUT2D eigenvalue weighted by Gasteiger charge is -2.50. The van der Waals surface area contributed by atoms with Gasteiger partial charge >= 0.3 is 0 Å². The van der Waals surface area contributed by atoms with Crippen LogP contribution in [0.15, 0.2) is 0 Å². The van der Waals surface area contributed by atoms with Crippen molar-refractivity contribution in [2.75, 3.05) is 0 Å². The summed E-state index contributed by atoms with van der Waals surface area (Å²) in [5.41, 5.74) is 0.572. The predicted octanol–water partition coefficient (Wildman–Crippen LogP) is 4.79. The molecule has 0 nitrogen and oxygen atoms in total. The fourth-order valence-electron chi connectivity index (χ4n) is 2.20. The van der Waals surface area contributed by atoms with Crippen molar-refractivity contribution >= 4 is 12.6 Å². The Morgan fingerprint density at radius 3 is 1.43 bits per heavy atom. The van der Waals surface area contributed by atoms with E-state index in [-0.39, 0.29) is 10.2 Å². The van der Waals surface area contributed by atoms with Gasteiger partial charge in [0.25, 0.3) is 0 Å². The Labute approximate surface area is 96.3 Å². The average molecular weight is 216 g/mol. The Balaban J connectivity index is 5.07. The van der Waals surface area contributed by atoms with Gasteiger partial charge in [0, 0.05) is 4.75 Å². The Morgan fingerprint density at radius 2 is 1.36 bits per heavy atom. The normalized spacial score (nSPS) is 20.4. The van der Waals surface area contributed by atoms with E-state index >= 15 is 0 Å². The van der Waals surface area contributed by atoms with Crippen molar-refractivity contribution in [3.8, 4) is 0 Å². The number of rotatable bonds is 2. The van der Waals surface area contributed by atoms with Crippen molar-refractivity contribution in [3.05, 3.63) is 0 Å². The van der Waals surface area contributed by atoms with Crippen LogP contribution < -0.4 is 0 Å². The Kier molecular flexibility index (Phi) is 4.18. The van der Waals surface area contributed by atoms with Crippen LogP contribution in [-0.4, -0.2) is 4.75 Å². The second kappa shape index (κ2) is 4.08. The van der Waals surface area contributed by atoms with Gasteiger partial charge in [-0.3, -0.25) is 0 Å². The summed E-state index contributed by atoms with van der Waals surface area (Å²) in [6, 6.07) is 0. The highest BCUT2D eigenvalue weighted by molar-refractivity contribution is 7.81. The molecule has 0 heterocycles. The Morgan fingerprint density at radius 1 is 1.00 bits per heavy atom. The maximum absolute atomic E-state index is 4.99. The van der Waals surface area contributed by atoms with Gasteiger partial charge in [0.05, 0.1) is 0 Å². The first-order chi connectivity index (χ1) is 5.97. The summed E-state index contributed by atoms with van der Waals surface area (Å²) in [5, 5.41) is 0. The van der Waals surface area contributed by atoms with Crippen molar-refractivity contribution in [2.45, 2.75) is 66.6 Å². The summed E-state index contributed by atoms with van der Waals surface area (Å²) in [7, 11) is 0. The molecule has 0 N–H and O–H groups in total. The largest absolute Gasteiger partial charge is 0.172 e. The standard InChI is InChI=1S/C13H28S/c1-9-13(14,12(6,7)8)10(2)11(3,4)5/h10,14H,9H2,1-8H3. The molecule has 0 radical (unpaired) electrons. The third-order valence-electron chi connectivity index (χ3n) is 3.85. The van der Waals surface area contributed by atoms with Crippen LogP contribution in [0.3, 0.4) is 0 Å². The van der Waals surface area contributed by atoms with E-state index in [1.54, 1.807) is 0 Å². The quantitative estimate of drug-likeness (QED) is 0.630. The molecule has 86 valence electrons. The summed E-state index contributed by atoms with van der Waals surface area (Å²) in [6.45, 7) is 18.4. The van der Waals surface area contributed by atoms with Gasteiger partial charge in [-0.2, -0.15) is 12.6 Å². The Hall–Kier alpha value is 0.350. The van der Waals surface area contributed by atoms with Crippen LogP contribution in [-0.2, 0) is 0 Å². The summed E-state index contributed by atoms with van der Waals surface area (Å²) in [5.74, 6) is 0.600. The summed E-state index contributed by atoms with van der Waals surface area (Å²) >= 11 is 4.99. The van der Waals surface area contributed by atoms with Crippen LogP contribution in [0.1, 0.15) is 61.8 Å². The SMILES string of the molecule is CCC(S)(C(C)C(C)(C)C)C(C)(C)C. The third kappa shape index (κ3) is 2.68. The van der Waals surface area contributed by atoms with E-state index in [2.05, 4.69) is 55.4 Å². The molecule has 0 aliphatic carbocycles. The minimum Gasteiger partial charge on any atom is -0.172 e. The second-order valence-corrected chi connectivity index (χ2v) is 7.41. The molecule has 0 amide bonds. The zero-order valence-electron chi connectivity index (χ0n) is 11.2. The molecule has 0 aromatic heterocycles. The molecule has 0 aromatic carbocycles. The number of hydrogen-bond acceptors (Lipinski definition) is 1. The molecule has 0 saturated heterocycles. The summed E-state index contributed by atoms with van der Waals surface area (Å²) in [6.07, 6.45) is 1.12. The van der Waals surface area contributed by atoms with E-state index in [9.17, 15) is 0 Å². The zero-order chi connectivity index (χ0) is 11.8.